The minimum absolute atomic E-state index is 0.00271. The topological polar surface area (TPSA) is 25.1 Å². The number of ether oxygens (including phenoxy) is 2. The van der Waals surface area contributed by atoms with E-state index in [4.69, 9.17) is 9.47 Å². The van der Waals surface area contributed by atoms with E-state index in [0.717, 1.165) is 0 Å². The molecule has 0 amide bonds. The van der Waals surface area contributed by atoms with Gasteiger partial charge in [-0.1, -0.05) is 41.5 Å². The Morgan fingerprint density at radius 1 is 0.474 bits per heavy atom. The molecule has 0 aromatic carbocycles. The lowest BCUT2D eigenvalue weighted by atomic mass is 9.39. The predicted octanol–water partition coefficient (Wildman–Crippen LogP) is 4.17. The number of hydrogen-bond acceptors (Lipinski definition) is 2. The summed E-state index contributed by atoms with van der Waals surface area (Å²) in [6.07, 6.45) is 0. The summed E-state index contributed by atoms with van der Waals surface area (Å²) < 4.78 is 12.8. The van der Waals surface area contributed by atoms with Gasteiger partial charge in [0.1, 0.15) is 16.8 Å². The van der Waals surface area contributed by atoms with Crippen LogP contribution in [0, 0.1) is 16.2 Å². The van der Waals surface area contributed by atoms with E-state index in [1.54, 1.807) is 0 Å². The van der Waals surface area contributed by atoms with Crippen LogP contribution in [0.1, 0.15) is 69.2 Å². The molecule has 2 aliphatic heterocycles. The fourth-order valence-corrected chi connectivity index (χ4v) is 6.10. The molecule has 1 saturated carbocycles. The van der Waals surface area contributed by atoms with Crippen LogP contribution in [0.2, 0.25) is 0 Å². The van der Waals surface area contributed by atoms with Crippen LogP contribution in [0.3, 0.4) is 0 Å². The molecule has 3 rings (SSSR count). The molecule has 0 aromatic rings. The zero-order valence-electron chi connectivity index (χ0n) is 14.3. The molecule has 0 radical (unpaired) electrons. The normalized spacial score (nSPS) is 54.6. The van der Waals surface area contributed by atoms with Crippen LogP contribution in [0.25, 0.3) is 0 Å². The molecule has 2 heteroatoms. The van der Waals surface area contributed by atoms with Crippen LogP contribution in [0.5, 0.6) is 0 Å². The first-order valence-corrected chi connectivity index (χ1v) is 7.57. The minimum atomic E-state index is -0.124. The molecule has 3 aliphatic rings. The van der Waals surface area contributed by atoms with E-state index in [-0.39, 0.29) is 38.6 Å². The molecule has 2 nitrogen and oxygen atoms in total. The van der Waals surface area contributed by atoms with E-state index in [9.17, 15) is 0 Å². The molecule has 2 saturated heterocycles. The van der Waals surface area contributed by atoms with Gasteiger partial charge in [0.15, 0.2) is 0 Å². The number of epoxide rings is 2. The first kappa shape index (κ1) is 13.9. The van der Waals surface area contributed by atoms with Crippen molar-refractivity contribution in [2.24, 2.45) is 16.2 Å². The van der Waals surface area contributed by atoms with Gasteiger partial charge in [0.25, 0.3) is 0 Å². The molecule has 1 aliphatic carbocycles. The van der Waals surface area contributed by atoms with Gasteiger partial charge in [0.2, 0.25) is 0 Å². The molecule has 1 spiro atoms. The summed E-state index contributed by atoms with van der Waals surface area (Å²) in [7, 11) is 0. The van der Waals surface area contributed by atoms with E-state index >= 15 is 0 Å². The summed E-state index contributed by atoms with van der Waals surface area (Å²) in [5.41, 5.74) is -0.255. The third-order valence-electron chi connectivity index (χ3n) is 8.20. The lowest BCUT2D eigenvalue weighted by Crippen LogP contribution is -2.69. The minimum Gasteiger partial charge on any atom is -0.362 e. The molecule has 3 atom stereocenters. The molecule has 3 fully saturated rings. The van der Waals surface area contributed by atoms with Crippen molar-refractivity contribution in [2.45, 2.75) is 91.6 Å². The van der Waals surface area contributed by atoms with Crippen molar-refractivity contribution in [3.05, 3.63) is 0 Å². The van der Waals surface area contributed by atoms with Gasteiger partial charge >= 0.3 is 0 Å². The van der Waals surface area contributed by atoms with Gasteiger partial charge in [-0.05, 0) is 27.7 Å². The van der Waals surface area contributed by atoms with E-state index < -0.39 is 0 Å². The largest absolute Gasteiger partial charge is 0.362 e. The quantitative estimate of drug-likeness (QED) is 0.615. The van der Waals surface area contributed by atoms with Gasteiger partial charge < -0.3 is 9.47 Å². The number of fused-ring (bicyclic) bond motifs is 1. The first-order chi connectivity index (χ1) is 8.16. The van der Waals surface area contributed by atoms with Gasteiger partial charge in [-0.25, -0.2) is 0 Å². The van der Waals surface area contributed by atoms with Gasteiger partial charge in [0, 0.05) is 16.2 Å². The fraction of sp³-hybridized carbons (Fsp3) is 1.00. The van der Waals surface area contributed by atoms with Crippen molar-refractivity contribution >= 4 is 0 Å². The summed E-state index contributed by atoms with van der Waals surface area (Å²) >= 11 is 0. The predicted molar refractivity (Wildman–Crippen MR) is 77.1 cm³/mol. The van der Waals surface area contributed by atoms with Crippen LogP contribution in [-0.2, 0) is 9.47 Å². The van der Waals surface area contributed by atoms with E-state index in [0.29, 0.717) is 0 Å². The second kappa shape index (κ2) is 2.66. The number of rotatable bonds is 0. The van der Waals surface area contributed by atoms with Crippen molar-refractivity contribution in [2.75, 3.05) is 0 Å². The fourth-order valence-electron chi connectivity index (χ4n) is 6.10. The Kier molecular flexibility index (Phi) is 1.94. The van der Waals surface area contributed by atoms with E-state index in [1.165, 1.54) is 0 Å². The zero-order chi connectivity index (χ0) is 14.9. The zero-order valence-corrected chi connectivity index (χ0v) is 14.3. The van der Waals surface area contributed by atoms with Crippen molar-refractivity contribution in [1.29, 1.82) is 0 Å². The highest BCUT2D eigenvalue weighted by molar-refractivity contribution is 5.42. The Balaban J connectivity index is 2.28. The summed E-state index contributed by atoms with van der Waals surface area (Å²) in [6, 6.07) is 0. The molecular weight excluding hydrogens is 236 g/mol. The van der Waals surface area contributed by atoms with Crippen LogP contribution < -0.4 is 0 Å². The average molecular weight is 266 g/mol. The Labute approximate surface area is 118 Å². The second-order valence-electron chi connectivity index (χ2n) is 9.34. The average Bonchev–Trinajstić information content (AvgIpc) is 3.00. The van der Waals surface area contributed by atoms with Gasteiger partial charge in [0.05, 0.1) is 5.60 Å². The number of hydrogen-bond donors (Lipinski definition) is 0. The van der Waals surface area contributed by atoms with E-state index in [1.807, 2.05) is 0 Å². The highest BCUT2D eigenvalue weighted by Crippen LogP contribution is 2.85. The van der Waals surface area contributed by atoms with Crippen LogP contribution in [0.15, 0.2) is 0 Å². The summed E-state index contributed by atoms with van der Waals surface area (Å²) in [4.78, 5) is 0. The lowest BCUT2D eigenvalue weighted by molar-refractivity contribution is -0.123. The molecule has 0 bridgehead atoms. The monoisotopic (exact) mass is 266 g/mol. The Morgan fingerprint density at radius 2 is 0.842 bits per heavy atom. The third-order valence-corrected chi connectivity index (χ3v) is 8.20. The summed E-state index contributed by atoms with van der Waals surface area (Å²) in [5.74, 6) is 0. The molecule has 19 heavy (non-hydrogen) atoms. The lowest BCUT2D eigenvalue weighted by Gasteiger charge is -2.60. The maximum Gasteiger partial charge on any atom is 0.111 e. The molecule has 110 valence electrons. The third kappa shape index (κ3) is 0.903. The molecule has 0 N–H and O–H groups in total. The molecule has 0 aromatic heterocycles. The van der Waals surface area contributed by atoms with Crippen LogP contribution >= 0.6 is 0 Å². The second-order valence-corrected chi connectivity index (χ2v) is 9.34. The van der Waals surface area contributed by atoms with Crippen molar-refractivity contribution in [1.82, 2.24) is 0 Å². The van der Waals surface area contributed by atoms with Gasteiger partial charge in [-0.2, -0.15) is 0 Å². The van der Waals surface area contributed by atoms with Crippen molar-refractivity contribution in [3.63, 3.8) is 0 Å². The smallest absolute Gasteiger partial charge is 0.111 e. The molecule has 2 heterocycles. The highest BCUT2D eigenvalue weighted by Gasteiger charge is 2.95. The Bertz CT molecular complexity index is 474. The van der Waals surface area contributed by atoms with Crippen molar-refractivity contribution in [3.8, 4) is 0 Å². The van der Waals surface area contributed by atoms with Crippen LogP contribution in [-0.4, -0.2) is 22.4 Å². The Morgan fingerprint density at radius 3 is 1.21 bits per heavy atom. The highest BCUT2D eigenvalue weighted by atomic mass is 16.7. The standard InChI is InChI=1S/C17H30O2/c1-11(2)12(3,4)17(14(7,8)18-17)13(5,6)16(10)15(11,9)19-16/h1-10H3. The van der Waals surface area contributed by atoms with Gasteiger partial charge in [-0.15, -0.1) is 0 Å². The van der Waals surface area contributed by atoms with E-state index in [2.05, 4.69) is 69.2 Å². The SMILES string of the molecule is CC1(C)OC12C(C)(C)C(C)(C)C1(C)OC1(C)C2(C)C. The van der Waals surface area contributed by atoms with Gasteiger partial charge in [-0.3, -0.25) is 0 Å². The van der Waals surface area contributed by atoms with Crippen molar-refractivity contribution < 1.29 is 9.47 Å². The maximum atomic E-state index is 6.43. The maximum absolute atomic E-state index is 6.43. The summed E-state index contributed by atoms with van der Waals surface area (Å²) in [6.45, 7) is 23.2. The summed E-state index contributed by atoms with van der Waals surface area (Å²) in [5, 5.41) is 0. The Hall–Kier alpha value is -0.0800. The van der Waals surface area contributed by atoms with Crippen LogP contribution in [0.4, 0.5) is 0 Å². The molecule has 3 unspecified atom stereocenters. The molecular formula is C17H30O2. The first-order valence-electron chi connectivity index (χ1n) is 7.57.